The smallest absolute Gasteiger partial charge is 0.119 e. The van der Waals surface area contributed by atoms with Crippen molar-refractivity contribution in [3.05, 3.63) is 42.0 Å². The zero-order valence-corrected chi connectivity index (χ0v) is 19.7. The maximum absolute atomic E-state index is 11.0. The number of aliphatic hydroxyl groups is 1. The van der Waals surface area contributed by atoms with Crippen molar-refractivity contribution in [2.75, 3.05) is 39.8 Å². The Hall–Kier alpha value is -1.62. The summed E-state index contributed by atoms with van der Waals surface area (Å²) in [5.74, 6) is 1.68. The summed E-state index contributed by atoms with van der Waals surface area (Å²) in [7, 11) is 1.73. The molecule has 1 N–H and O–H groups in total. The van der Waals surface area contributed by atoms with Gasteiger partial charge in [-0.15, -0.1) is 0 Å². The highest BCUT2D eigenvalue weighted by molar-refractivity contribution is 5.84. The molecule has 2 aromatic carbocycles. The lowest BCUT2D eigenvalue weighted by Gasteiger charge is -2.41. The van der Waals surface area contributed by atoms with E-state index in [1.165, 1.54) is 81.0 Å². The second kappa shape index (κ2) is 10.1. The van der Waals surface area contributed by atoms with E-state index in [9.17, 15) is 5.11 Å². The molecule has 3 unspecified atom stereocenters. The van der Waals surface area contributed by atoms with Gasteiger partial charge in [-0.25, -0.2) is 0 Å². The molecule has 3 fully saturated rings. The highest BCUT2D eigenvalue weighted by Crippen LogP contribution is 2.39. The molecule has 0 aromatic heterocycles. The summed E-state index contributed by atoms with van der Waals surface area (Å²) in [4.78, 5) is 5.42. The minimum absolute atomic E-state index is 0.164. The van der Waals surface area contributed by atoms with Crippen LogP contribution in [0.4, 0.5) is 0 Å². The van der Waals surface area contributed by atoms with E-state index in [0.29, 0.717) is 11.8 Å². The van der Waals surface area contributed by atoms with Gasteiger partial charge in [0.15, 0.2) is 0 Å². The molecule has 2 aromatic rings. The van der Waals surface area contributed by atoms with E-state index in [2.05, 4.69) is 46.2 Å². The molecule has 2 heterocycles. The summed E-state index contributed by atoms with van der Waals surface area (Å²) < 4.78 is 5.41. The van der Waals surface area contributed by atoms with Crippen molar-refractivity contribution in [3.8, 4) is 5.75 Å². The lowest BCUT2D eigenvalue weighted by molar-refractivity contribution is 0.0400. The molecule has 2 aliphatic heterocycles. The molecular formula is C28H40N2O2. The minimum Gasteiger partial charge on any atom is -0.497 e. The Bertz CT molecular complexity index is 886. The highest BCUT2D eigenvalue weighted by atomic mass is 16.5. The molecule has 0 spiro atoms. The second-order valence-corrected chi connectivity index (χ2v) is 10.4. The number of likely N-dealkylation sites (tertiary alicyclic amines) is 2. The largest absolute Gasteiger partial charge is 0.497 e. The van der Waals surface area contributed by atoms with E-state index in [4.69, 9.17) is 4.74 Å². The zero-order chi connectivity index (χ0) is 21.9. The van der Waals surface area contributed by atoms with Gasteiger partial charge < -0.3 is 19.6 Å². The van der Waals surface area contributed by atoms with Crippen LogP contribution in [0.5, 0.6) is 5.75 Å². The molecule has 32 heavy (non-hydrogen) atoms. The number of fused-ring (bicyclic) bond motifs is 1. The van der Waals surface area contributed by atoms with E-state index in [0.717, 1.165) is 31.2 Å². The summed E-state index contributed by atoms with van der Waals surface area (Å²) in [6.07, 6.45) is 9.74. The first kappa shape index (κ1) is 22.2. The maximum Gasteiger partial charge on any atom is 0.119 e. The lowest BCUT2D eigenvalue weighted by Crippen LogP contribution is -2.46. The Kier molecular flexibility index (Phi) is 7.01. The fourth-order valence-electron chi connectivity index (χ4n) is 6.55. The Morgan fingerprint density at radius 1 is 0.875 bits per heavy atom. The quantitative estimate of drug-likeness (QED) is 0.688. The number of hydrogen-bond donors (Lipinski definition) is 1. The molecule has 0 bridgehead atoms. The number of nitrogens with zero attached hydrogens (tertiary/aromatic N) is 2. The maximum atomic E-state index is 11.0. The number of ether oxygens (including phenoxy) is 1. The number of rotatable bonds is 6. The summed E-state index contributed by atoms with van der Waals surface area (Å²) in [5.41, 5.74) is 1.40. The number of methoxy groups -OCH3 is 1. The Labute approximate surface area is 193 Å². The predicted molar refractivity (Wildman–Crippen MR) is 131 cm³/mol. The van der Waals surface area contributed by atoms with Crippen LogP contribution in [0.25, 0.3) is 10.8 Å². The molecule has 0 radical (unpaired) electrons. The third kappa shape index (κ3) is 4.83. The van der Waals surface area contributed by atoms with E-state index in [1.54, 1.807) is 7.11 Å². The fourth-order valence-corrected chi connectivity index (χ4v) is 6.55. The predicted octanol–water partition coefficient (Wildman–Crippen LogP) is 5.04. The number of aliphatic hydroxyl groups excluding tert-OH is 1. The van der Waals surface area contributed by atoms with Crippen molar-refractivity contribution >= 4 is 10.8 Å². The van der Waals surface area contributed by atoms with Crippen molar-refractivity contribution in [1.82, 2.24) is 9.80 Å². The fraction of sp³-hybridized carbons (Fsp3) is 0.643. The standard InChI is InChI=1S/C28H40N2O2/c1-32-25-11-10-21-18-23(9-8-22(21)19-25)27(26-6-2-3-7-28(26)31)20-29-16-12-24(13-17-29)30-14-4-5-15-30/h8-11,18-19,24,26-28,31H,2-7,12-17,20H2,1H3. The second-order valence-electron chi connectivity index (χ2n) is 10.4. The van der Waals surface area contributed by atoms with Gasteiger partial charge >= 0.3 is 0 Å². The highest BCUT2D eigenvalue weighted by Gasteiger charge is 2.34. The Morgan fingerprint density at radius 3 is 2.34 bits per heavy atom. The lowest BCUT2D eigenvalue weighted by atomic mass is 9.74. The molecule has 1 aliphatic carbocycles. The van der Waals surface area contributed by atoms with Crippen LogP contribution in [0.2, 0.25) is 0 Å². The summed E-state index contributed by atoms with van der Waals surface area (Å²) >= 11 is 0. The number of hydrogen-bond acceptors (Lipinski definition) is 4. The van der Waals surface area contributed by atoms with Crippen LogP contribution in [-0.4, -0.2) is 66.9 Å². The summed E-state index contributed by atoms with van der Waals surface area (Å²) in [6.45, 7) is 6.10. The van der Waals surface area contributed by atoms with Gasteiger partial charge in [0.25, 0.3) is 0 Å². The Balaban J connectivity index is 1.34. The van der Waals surface area contributed by atoms with Gasteiger partial charge in [-0.3, -0.25) is 0 Å². The average molecular weight is 437 g/mol. The van der Waals surface area contributed by atoms with Gasteiger partial charge in [-0.05, 0) is 99.1 Å². The van der Waals surface area contributed by atoms with Crippen LogP contribution in [-0.2, 0) is 0 Å². The van der Waals surface area contributed by atoms with Gasteiger partial charge in [-0.1, -0.05) is 37.1 Å². The van der Waals surface area contributed by atoms with Gasteiger partial charge in [-0.2, -0.15) is 0 Å². The topological polar surface area (TPSA) is 35.9 Å². The molecular weight excluding hydrogens is 396 g/mol. The average Bonchev–Trinajstić information content (AvgIpc) is 3.38. The molecule has 4 nitrogen and oxygen atoms in total. The molecule has 5 rings (SSSR count). The molecule has 1 saturated carbocycles. The number of benzene rings is 2. The van der Waals surface area contributed by atoms with Gasteiger partial charge in [0.05, 0.1) is 13.2 Å². The SMILES string of the molecule is COc1ccc2cc(C(CN3CCC(N4CCCC4)CC3)C3CCCCC3O)ccc2c1. The monoisotopic (exact) mass is 436 g/mol. The van der Waals surface area contributed by atoms with E-state index in [-0.39, 0.29) is 6.10 Å². The van der Waals surface area contributed by atoms with Crippen molar-refractivity contribution in [3.63, 3.8) is 0 Å². The van der Waals surface area contributed by atoms with Crippen LogP contribution in [0.3, 0.4) is 0 Å². The first-order valence-corrected chi connectivity index (χ1v) is 12.9. The Morgan fingerprint density at radius 2 is 1.59 bits per heavy atom. The summed E-state index contributed by atoms with van der Waals surface area (Å²) in [5, 5.41) is 13.4. The van der Waals surface area contributed by atoms with Crippen molar-refractivity contribution in [2.24, 2.45) is 5.92 Å². The van der Waals surface area contributed by atoms with Crippen LogP contribution in [0.15, 0.2) is 36.4 Å². The molecule has 3 atom stereocenters. The van der Waals surface area contributed by atoms with Crippen molar-refractivity contribution in [1.29, 1.82) is 0 Å². The van der Waals surface area contributed by atoms with Gasteiger partial charge in [0, 0.05) is 18.5 Å². The first-order chi connectivity index (χ1) is 15.7. The van der Waals surface area contributed by atoms with Crippen LogP contribution in [0, 0.1) is 5.92 Å². The summed E-state index contributed by atoms with van der Waals surface area (Å²) in [6, 6.07) is 14.1. The van der Waals surface area contributed by atoms with Gasteiger partial charge in [0.2, 0.25) is 0 Å². The molecule has 2 saturated heterocycles. The minimum atomic E-state index is -0.164. The van der Waals surface area contributed by atoms with Crippen molar-refractivity contribution < 1.29 is 9.84 Å². The van der Waals surface area contributed by atoms with Crippen LogP contribution >= 0.6 is 0 Å². The molecule has 0 amide bonds. The third-order valence-electron chi connectivity index (χ3n) is 8.47. The normalized spacial score (nSPS) is 27.1. The van der Waals surface area contributed by atoms with Crippen LogP contribution in [0.1, 0.15) is 62.8 Å². The van der Waals surface area contributed by atoms with Crippen molar-refractivity contribution in [2.45, 2.75) is 69.4 Å². The first-order valence-electron chi connectivity index (χ1n) is 12.9. The molecule has 174 valence electrons. The molecule has 3 aliphatic rings. The molecule has 4 heteroatoms. The van der Waals surface area contributed by atoms with Crippen LogP contribution < -0.4 is 4.74 Å². The third-order valence-corrected chi connectivity index (χ3v) is 8.47. The zero-order valence-electron chi connectivity index (χ0n) is 19.7. The van der Waals surface area contributed by atoms with E-state index >= 15 is 0 Å². The van der Waals surface area contributed by atoms with Gasteiger partial charge in [0.1, 0.15) is 5.75 Å². The van der Waals surface area contributed by atoms with E-state index < -0.39 is 0 Å². The number of piperidine rings is 1. The van der Waals surface area contributed by atoms with E-state index in [1.807, 2.05) is 0 Å².